The van der Waals surface area contributed by atoms with Crippen molar-refractivity contribution in [2.24, 2.45) is 0 Å². The van der Waals surface area contributed by atoms with Gasteiger partial charge in [-0.15, -0.1) is 0 Å². The van der Waals surface area contributed by atoms with Crippen LogP contribution in [-0.4, -0.2) is 21.6 Å². The van der Waals surface area contributed by atoms with E-state index in [0.717, 1.165) is 22.6 Å². The molecule has 0 fully saturated rings. The van der Waals surface area contributed by atoms with E-state index < -0.39 is 0 Å². The van der Waals surface area contributed by atoms with Crippen molar-refractivity contribution in [2.45, 2.75) is 6.54 Å². The minimum Gasteiger partial charge on any atom is -0.497 e. The zero-order chi connectivity index (χ0) is 14.7. The third-order valence-corrected chi connectivity index (χ3v) is 3.31. The van der Waals surface area contributed by atoms with Gasteiger partial charge in [-0.2, -0.15) is 0 Å². The van der Waals surface area contributed by atoms with Gasteiger partial charge in [0.1, 0.15) is 11.6 Å². The highest BCUT2D eigenvalue weighted by Gasteiger charge is 2.09. The molecule has 0 aliphatic heterocycles. The lowest BCUT2D eigenvalue weighted by molar-refractivity contribution is 0.414. The molecule has 2 aromatic heterocycles. The fourth-order valence-corrected chi connectivity index (χ4v) is 2.27. The van der Waals surface area contributed by atoms with Crippen LogP contribution in [0.2, 0.25) is 0 Å². The number of anilines is 1. The summed E-state index contributed by atoms with van der Waals surface area (Å²) in [5.41, 5.74) is 8.92. The van der Waals surface area contributed by atoms with Crippen molar-refractivity contribution >= 4 is 5.82 Å². The fraction of sp³-hybridized carbons (Fsp3) is 0.125. The molecule has 21 heavy (non-hydrogen) atoms. The average Bonchev–Trinajstić information content (AvgIpc) is 2.96. The summed E-state index contributed by atoms with van der Waals surface area (Å²) in [6.07, 6.45) is 5.27. The predicted octanol–water partition coefficient (Wildman–Crippen LogP) is 2.58. The number of rotatable bonds is 4. The molecule has 0 aliphatic rings. The summed E-state index contributed by atoms with van der Waals surface area (Å²) in [7, 11) is 1.66. The molecule has 3 rings (SSSR count). The van der Waals surface area contributed by atoms with Gasteiger partial charge in [0.15, 0.2) is 0 Å². The van der Waals surface area contributed by atoms with Crippen molar-refractivity contribution < 1.29 is 4.74 Å². The predicted molar refractivity (Wildman–Crippen MR) is 82.0 cm³/mol. The molecule has 0 radical (unpaired) electrons. The summed E-state index contributed by atoms with van der Waals surface area (Å²) < 4.78 is 7.30. The van der Waals surface area contributed by atoms with E-state index in [2.05, 4.69) is 16.0 Å². The van der Waals surface area contributed by atoms with Crippen LogP contribution in [0.5, 0.6) is 5.75 Å². The lowest BCUT2D eigenvalue weighted by Gasteiger charge is -2.10. The molecule has 5 nitrogen and oxygen atoms in total. The number of ether oxygens (including phenoxy) is 1. The Hall–Kier alpha value is -2.82. The van der Waals surface area contributed by atoms with E-state index in [1.807, 2.05) is 34.9 Å². The van der Waals surface area contributed by atoms with E-state index in [1.165, 1.54) is 0 Å². The minimum atomic E-state index is 0.505. The summed E-state index contributed by atoms with van der Waals surface area (Å²) in [5, 5.41) is 0. The number of nitrogen functional groups attached to an aromatic ring is 1. The van der Waals surface area contributed by atoms with Gasteiger partial charge >= 0.3 is 0 Å². The van der Waals surface area contributed by atoms with Crippen LogP contribution >= 0.6 is 0 Å². The van der Waals surface area contributed by atoms with E-state index in [9.17, 15) is 0 Å². The van der Waals surface area contributed by atoms with Crippen molar-refractivity contribution in [2.75, 3.05) is 12.8 Å². The van der Waals surface area contributed by atoms with Gasteiger partial charge < -0.3 is 15.0 Å². The lowest BCUT2D eigenvalue weighted by atomic mass is 10.1. The Morgan fingerprint density at radius 3 is 2.95 bits per heavy atom. The molecule has 0 aliphatic carbocycles. The number of aromatic nitrogens is 3. The van der Waals surface area contributed by atoms with Crippen LogP contribution in [0.4, 0.5) is 5.82 Å². The maximum atomic E-state index is 5.95. The zero-order valence-corrected chi connectivity index (χ0v) is 11.7. The Bertz CT molecular complexity index is 751. The third-order valence-electron chi connectivity index (χ3n) is 3.31. The summed E-state index contributed by atoms with van der Waals surface area (Å²) in [5.74, 6) is 1.35. The Morgan fingerprint density at radius 2 is 2.14 bits per heavy atom. The first-order valence-electron chi connectivity index (χ1n) is 6.62. The van der Waals surface area contributed by atoms with Crippen molar-refractivity contribution in [3.63, 3.8) is 0 Å². The van der Waals surface area contributed by atoms with Gasteiger partial charge in [0.25, 0.3) is 0 Å². The number of benzene rings is 1. The third kappa shape index (κ3) is 2.72. The van der Waals surface area contributed by atoms with Gasteiger partial charge in [0.2, 0.25) is 0 Å². The van der Waals surface area contributed by atoms with Gasteiger partial charge in [-0.05, 0) is 29.8 Å². The van der Waals surface area contributed by atoms with Crippen molar-refractivity contribution in [1.82, 2.24) is 14.5 Å². The van der Waals surface area contributed by atoms with Crippen LogP contribution in [0, 0.1) is 0 Å². The Labute approximate surface area is 123 Å². The molecule has 3 aromatic rings. The molecule has 1 aromatic carbocycles. The quantitative estimate of drug-likeness (QED) is 0.797. The number of methoxy groups -OCH3 is 1. The fourth-order valence-electron chi connectivity index (χ4n) is 2.27. The number of hydrogen-bond donors (Lipinski definition) is 1. The highest BCUT2D eigenvalue weighted by atomic mass is 16.5. The first-order chi connectivity index (χ1) is 10.3. The minimum absolute atomic E-state index is 0.505. The molecule has 0 bridgehead atoms. The molecular formula is C16H16N4O. The van der Waals surface area contributed by atoms with Crippen molar-refractivity contribution in [1.29, 1.82) is 0 Å². The van der Waals surface area contributed by atoms with E-state index >= 15 is 0 Å². The molecule has 0 atom stereocenters. The van der Waals surface area contributed by atoms with Crippen LogP contribution in [-0.2, 0) is 6.54 Å². The highest BCUT2D eigenvalue weighted by Crippen LogP contribution is 2.24. The zero-order valence-electron chi connectivity index (χ0n) is 11.7. The second-order valence-corrected chi connectivity index (χ2v) is 4.69. The highest BCUT2D eigenvalue weighted by molar-refractivity contribution is 5.70. The van der Waals surface area contributed by atoms with E-state index in [0.29, 0.717) is 12.4 Å². The smallest absolute Gasteiger partial charge is 0.132 e. The Morgan fingerprint density at radius 1 is 1.24 bits per heavy atom. The first-order valence-corrected chi connectivity index (χ1v) is 6.62. The normalized spacial score (nSPS) is 10.5. The average molecular weight is 280 g/mol. The van der Waals surface area contributed by atoms with Crippen LogP contribution in [0.15, 0.2) is 55.1 Å². The van der Waals surface area contributed by atoms with Crippen molar-refractivity contribution in [3.8, 4) is 17.0 Å². The molecule has 0 amide bonds. The van der Waals surface area contributed by atoms with Gasteiger partial charge in [-0.25, -0.2) is 9.97 Å². The summed E-state index contributed by atoms with van der Waals surface area (Å²) in [6.45, 7) is 0.695. The van der Waals surface area contributed by atoms with Crippen LogP contribution in [0.25, 0.3) is 11.3 Å². The maximum absolute atomic E-state index is 5.95. The summed E-state index contributed by atoms with van der Waals surface area (Å²) in [4.78, 5) is 8.35. The second kappa shape index (κ2) is 5.66. The second-order valence-electron chi connectivity index (χ2n) is 4.69. The van der Waals surface area contributed by atoms with Gasteiger partial charge in [0.05, 0.1) is 25.3 Å². The van der Waals surface area contributed by atoms with Gasteiger partial charge in [-0.1, -0.05) is 12.1 Å². The van der Waals surface area contributed by atoms with Crippen molar-refractivity contribution in [3.05, 3.63) is 60.7 Å². The lowest BCUT2D eigenvalue weighted by Crippen LogP contribution is -2.02. The molecular weight excluding hydrogens is 264 g/mol. The topological polar surface area (TPSA) is 66.0 Å². The molecule has 0 unspecified atom stereocenters. The monoisotopic (exact) mass is 280 g/mol. The van der Waals surface area contributed by atoms with E-state index in [-0.39, 0.29) is 0 Å². The number of nitrogens with two attached hydrogens (primary N) is 1. The van der Waals surface area contributed by atoms with Crippen LogP contribution in [0.3, 0.4) is 0 Å². The van der Waals surface area contributed by atoms with Gasteiger partial charge in [-0.3, -0.25) is 0 Å². The van der Waals surface area contributed by atoms with E-state index in [4.69, 9.17) is 10.5 Å². The molecule has 0 spiro atoms. The molecule has 106 valence electrons. The molecule has 0 saturated carbocycles. The first kappa shape index (κ1) is 13.2. The van der Waals surface area contributed by atoms with Crippen LogP contribution in [0.1, 0.15) is 5.56 Å². The Balaban J connectivity index is 1.94. The maximum Gasteiger partial charge on any atom is 0.132 e. The van der Waals surface area contributed by atoms with E-state index in [1.54, 1.807) is 25.8 Å². The molecule has 0 saturated heterocycles. The number of imidazole rings is 1. The number of nitrogens with zero attached hydrogens (tertiary/aromatic N) is 3. The molecule has 5 heteroatoms. The standard InChI is InChI=1S/C16H16N4O/c1-21-13-5-2-4-12(8-13)10-20-11-18-9-15(20)14-6-3-7-19-16(14)17/h2-9,11H,10H2,1H3,(H2,17,19). The number of hydrogen-bond acceptors (Lipinski definition) is 4. The van der Waals surface area contributed by atoms with Crippen LogP contribution < -0.4 is 10.5 Å². The Kier molecular flexibility index (Phi) is 3.55. The summed E-state index contributed by atoms with van der Waals surface area (Å²) in [6, 6.07) is 11.8. The summed E-state index contributed by atoms with van der Waals surface area (Å²) >= 11 is 0. The number of pyridine rings is 1. The SMILES string of the molecule is COc1cccc(Cn2cncc2-c2cccnc2N)c1. The molecule has 2 N–H and O–H groups in total. The molecule has 2 heterocycles. The van der Waals surface area contributed by atoms with Gasteiger partial charge in [0, 0.05) is 18.3 Å². The largest absolute Gasteiger partial charge is 0.497 e.